The van der Waals surface area contributed by atoms with Crippen molar-refractivity contribution in [3.05, 3.63) is 0 Å². The number of hydrogen-bond donors (Lipinski definition) is 2. The highest BCUT2D eigenvalue weighted by Gasteiger charge is 2.69. The van der Waals surface area contributed by atoms with Gasteiger partial charge in [0.1, 0.15) is 0 Å². The minimum Gasteiger partial charge on any atom is -0.465 e. The van der Waals surface area contributed by atoms with Crippen LogP contribution in [0.1, 0.15) is 40.0 Å². The minimum atomic E-state index is -0.594. The van der Waals surface area contributed by atoms with E-state index in [1.807, 2.05) is 34.9 Å². The Morgan fingerprint density at radius 3 is 2.32 bits per heavy atom. The predicted molar refractivity (Wildman–Crippen MR) is 76.7 cm³/mol. The van der Waals surface area contributed by atoms with Crippen molar-refractivity contribution in [2.45, 2.75) is 51.1 Å². The molecule has 0 aromatic rings. The molecule has 1 aliphatic rings. The van der Waals surface area contributed by atoms with Crippen LogP contribution in [0.25, 0.3) is 0 Å². The molecule has 0 aliphatic heterocycles. The molecule has 0 bridgehead atoms. The van der Waals surface area contributed by atoms with Crippen molar-refractivity contribution in [1.82, 2.24) is 4.90 Å². The van der Waals surface area contributed by atoms with E-state index in [0.29, 0.717) is 19.4 Å². The molecule has 2 atom stereocenters. The van der Waals surface area contributed by atoms with E-state index in [1.54, 1.807) is 0 Å². The third-order valence-corrected chi connectivity index (χ3v) is 3.77. The quantitative estimate of drug-likeness (QED) is 0.526. The van der Waals surface area contributed by atoms with Gasteiger partial charge in [-0.3, -0.25) is 4.79 Å². The number of hydrogen-bond acceptors (Lipinski definition) is 5. The molecule has 0 aromatic carbocycles. The normalized spacial score (nSPS) is 30.5. The van der Waals surface area contributed by atoms with Crippen LogP contribution < -0.4 is 11.5 Å². The van der Waals surface area contributed by atoms with Gasteiger partial charge >= 0.3 is 5.97 Å². The molecule has 1 rings (SSSR count). The molecule has 19 heavy (non-hydrogen) atoms. The highest BCUT2D eigenvalue weighted by molar-refractivity contribution is 5.83. The second kappa shape index (κ2) is 5.38. The molecular weight excluding hydrogens is 242 g/mol. The van der Waals surface area contributed by atoms with Crippen LogP contribution in [0.4, 0.5) is 0 Å². The van der Waals surface area contributed by atoms with E-state index in [-0.39, 0.29) is 5.97 Å². The fourth-order valence-corrected chi connectivity index (χ4v) is 2.69. The zero-order chi connectivity index (χ0) is 14.9. The fourth-order valence-electron chi connectivity index (χ4n) is 2.69. The zero-order valence-corrected chi connectivity index (χ0v) is 13.0. The molecule has 0 saturated heterocycles. The summed E-state index contributed by atoms with van der Waals surface area (Å²) < 4.78 is 5.40. The van der Waals surface area contributed by atoms with Crippen LogP contribution in [0.5, 0.6) is 0 Å². The summed E-state index contributed by atoms with van der Waals surface area (Å²) in [6, 6.07) is 0. The number of esters is 1. The van der Waals surface area contributed by atoms with Gasteiger partial charge in [0, 0.05) is 17.6 Å². The monoisotopic (exact) mass is 271 g/mol. The van der Waals surface area contributed by atoms with Crippen molar-refractivity contribution in [3.63, 3.8) is 0 Å². The van der Waals surface area contributed by atoms with Crippen molar-refractivity contribution in [3.8, 4) is 0 Å². The van der Waals surface area contributed by atoms with E-state index in [1.165, 1.54) is 0 Å². The molecule has 1 saturated carbocycles. The molecule has 5 nitrogen and oxygen atoms in total. The van der Waals surface area contributed by atoms with Crippen molar-refractivity contribution in [2.75, 3.05) is 27.2 Å². The predicted octanol–water partition coefficient (Wildman–Crippen LogP) is 0.716. The lowest BCUT2D eigenvalue weighted by Crippen LogP contribution is -2.43. The van der Waals surface area contributed by atoms with Crippen LogP contribution in [0.2, 0.25) is 0 Å². The minimum absolute atomic E-state index is 0.185. The Morgan fingerprint density at radius 2 is 1.95 bits per heavy atom. The maximum absolute atomic E-state index is 12.3. The van der Waals surface area contributed by atoms with E-state index >= 15 is 0 Å². The summed E-state index contributed by atoms with van der Waals surface area (Å²) in [6.07, 6.45) is 2.06. The van der Waals surface area contributed by atoms with Gasteiger partial charge in [-0.05, 0) is 54.1 Å². The van der Waals surface area contributed by atoms with Crippen LogP contribution in [-0.4, -0.2) is 49.2 Å². The van der Waals surface area contributed by atoms with Crippen molar-refractivity contribution >= 4 is 5.97 Å². The average molecular weight is 271 g/mol. The number of nitrogens with two attached hydrogens (primary N) is 2. The number of ether oxygens (including phenoxy) is 1. The van der Waals surface area contributed by atoms with Gasteiger partial charge in [-0.25, -0.2) is 0 Å². The molecule has 5 heteroatoms. The molecular formula is C14H29N3O2. The fraction of sp³-hybridized carbons (Fsp3) is 0.929. The second-order valence-electron chi connectivity index (χ2n) is 7.13. The molecule has 0 radical (unpaired) electrons. The van der Waals surface area contributed by atoms with Gasteiger partial charge < -0.3 is 21.1 Å². The number of rotatable bonds is 7. The maximum atomic E-state index is 12.3. The molecule has 4 N–H and O–H groups in total. The van der Waals surface area contributed by atoms with Gasteiger partial charge in [0.25, 0.3) is 0 Å². The van der Waals surface area contributed by atoms with Gasteiger partial charge in [0.15, 0.2) is 0 Å². The van der Waals surface area contributed by atoms with E-state index in [4.69, 9.17) is 16.2 Å². The van der Waals surface area contributed by atoms with E-state index in [0.717, 1.165) is 13.0 Å². The lowest BCUT2D eigenvalue weighted by atomic mass is 9.86. The molecule has 1 fully saturated rings. The molecule has 1 aliphatic carbocycles. The van der Waals surface area contributed by atoms with Gasteiger partial charge in [0.2, 0.25) is 0 Å². The summed E-state index contributed by atoms with van der Waals surface area (Å²) in [5, 5.41) is 0. The maximum Gasteiger partial charge on any atom is 0.314 e. The van der Waals surface area contributed by atoms with Gasteiger partial charge in [-0.2, -0.15) is 0 Å². The average Bonchev–Trinajstić information content (AvgIpc) is 2.73. The van der Waals surface area contributed by atoms with Crippen LogP contribution in [-0.2, 0) is 9.53 Å². The molecule has 0 spiro atoms. The summed E-state index contributed by atoms with van der Waals surface area (Å²) in [4.78, 5) is 14.4. The van der Waals surface area contributed by atoms with Crippen molar-refractivity contribution in [2.24, 2.45) is 16.9 Å². The third kappa shape index (κ3) is 4.16. The summed E-state index contributed by atoms with van der Waals surface area (Å²) in [5.74, 6) is -0.185. The topological polar surface area (TPSA) is 81.6 Å². The Kier molecular flexibility index (Phi) is 4.65. The van der Waals surface area contributed by atoms with Crippen LogP contribution in [0.3, 0.4) is 0 Å². The highest BCUT2D eigenvalue weighted by atomic mass is 16.5. The molecule has 112 valence electrons. The first-order valence-electron chi connectivity index (χ1n) is 6.90. The largest absolute Gasteiger partial charge is 0.465 e. The first-order valence-corrected chi connectivity index (χ1v) is 6.90. The van der Waals surface area contributed by atoms with Crippen molar-refractivity contribution < 1.29 is 9.53 Å². The second-order valence-corrected chi connectivity index (χ2v) is 7.13. The van der Waals surface area contributed by atoms with E-state index < -0.39 is 16.5 Å². The van der Waals surface area contributed by atoms with Gasteiger partial charge in [0.05, 0.1) is 12.0 Å². The van der Waals surface area contributed by atoms with Crippen LogP contribution >= 0.6 is 0 Å². The number of carbonyl (C=O) groups is 1. The molecule has 0 amide bonds. The molecule has 2 unspecified atom stereocenters. The Bertz CT molecular complexity index is 334. The van der Waals surface area contributed by atoms with Crippen LogP contribution in [0, 0.1) is 5.41 Å². The molecule has 0 aromatic heterocycles. The first-order chi connectivity index (χ1) is 8.50. The Labute approximate surface area is 116 Å². The van der Waals surface area contributed by atoms with Crippen molar-refractivity contribution in [1.29, 1.82) is 0 Å². The van der Waals surface area contributed by atoms with E-state index in [2.05, 4.69) is 4.90 Å². The summed E-state index contributed by atoms with van der Waals surface area (Å²) in [7, 11) is 4.00. The van der Waals surface area contributed by atoms with Gasteiger partial charge in [-0.15, -0.1) is 0 Å². The lowest BCUT2D eigenvalue weighted by molar-refractivity contribution is -0.152. The Morgan fingerprint density at radius 1 is 1.42 bits per heavy atom. The Hall–Kier alpha value is -0.650. The summed E-state index contributed by atoms with van der Waals surface area (Å²) >= 11 is 0. The smallest absolute Gasteiger partial charge is 0.314 e. The third-order valence-electron chi connectivity index (χ3n) is 3.77. The summed E-state index contributed by atoms with van der Waals surface area (Å²) in [6.45, 7) is 7.09. The number of carbonyl (C=O) groups excluding carboxylic acids is 1. The molecule has 0 heterocycles. The SMILES string of the molecule is CN(C)CCCOC(=O)C1(CC(C)(C)N)CC1(C)N. The standard InChI is InChI=1S/C14H29N3O2/c1-12(2,15)9-14(10-13(14,3)16)11(18)19-8-6-7-17(4)5/h6-10,15-16H2,1-5H3. The number of nitrogens with zero attached hydrogens (tertiary/aromatic N) is 1. The highest BCUT2D eigenvalue weighted by Crippen LogP contribution is 2.59. The zero-order valence-electron chi connectivity index (χ0n) is 13.0. The first kappa shape index (κ1) is 16.4. The summed E-state index contributed by atoms with van der Waals surface area (Å²) in [5.41, 5.74) is 10.7. The van der Waals surface area contributed by atoms with E-state index in [9.17, 15) is 4.79 Å². The lowest BCUT2D eigenvalue weighted by Gasteiger charge is -2.27. The Balaban J connectivity index is 2.52. The van der Waals surface area contributed by atoms with Crippen LogP contribution in [0.15, 0.2) is 0 Å². The van der Waals surface area contributed by atoms with Gasteiger partial charge in [-0.1, -0.05) is 0 Å².